The van der Waals surface area contributed by atoms with Gasteiger partial charge in [0, 0.05) is 12.2 Å². The summed E-state index contributed by atoms with van der Waals surface area (Å²) >= 11 is 0. The van der Waals surface area contributed by atoms with Crippen LogP contribution < -0.4 is 0 Å². The number of aliphatic hydroxyl groups is 1. The summed E-state index contributed by atoms with van der Waals surface area (Å²) in [6, 6.07) is 5.78. The molecule has 1 atom stereocenters. The number of hydrogen-bond donors (Lipinski definition) is 1. The predicted molar refractivity (Wildman–Crippen MR) is 57.5 cm³/mol. The maximum absolute atomic E-state index is 12.4. The Balaban J connectivity index is 2.60. The van der Waals surface area contributed by atoms with Crippen LogP contribution in [0.4, 0.5) is 8.78 Å². The van der Waals surface area contributed by atoms with E-state index < -0.39 is 12.5 Å². The van der Waals surface area contributed by atoms with E-state index in [-0.39, 0.29) is 12.2 Å². The van der Waals surface area contributed by atoms with Gasteiger partial charge in [-0.1, -0.05) is 25.1 Å². The molecule has 1 rings (SSSR count). The highest BCUT2D eigenvalue weighted by atomic mass is 19.3. The van der Waals surface area contributed by atoms with Crippen LogP contribution in [0, 0.1) is 0 Å². The van der Waals surface area contributed by atoms with Crippen LogP contribution in [0.3, 0.4) is 0 Å². The largest absolute Gasteiger partial charge is 0.386 e. The molecule has 1 aromatic rings. The molecule has 0 saturated heterocycles. The minimum atomic E-state index is -2.51. The van der Waals surface area contributed by atoms with Crippen molar-refractivity contribution in [1.29, 1.82) is 0 Å². The summed E-state index contributed by atoms with van der Waals surface area (Å²) in [5.74, 6) is 0. The van der Waals surface area contributed by atoms with Gasteiger partial charge in [-0.15, -0.1) is 0 Å². The summed E-state index contributed by atoms with van der Waals surface area (Å²) in [7, 11) is 0. The van der Waals surface area contributed by atoms with E-state index in [0.29, 0.717) is 12.2 Å². The molecule has 0 saturated carbocycles. The SMILES string of the molecule is CCCOCC(O)c1cccc(C(F)F)c1. The number of aliphatic hydroxyl groups excluding tert-OH is 1. The van der Waals surface area contributed by atoms with Crippen molar-refractivity contribution in [2.24, 2.45) is 0 Å². The summed E-state index contributed by atoms with van der Waals surface area (Å²) < 4.78 is 30.0. The van der Waals surface area contributed by atoms with Crippen LogP contribution in [0.2, 0.25) is 0 Å². The van der Waals surface area contributed by atoms with Crippen molar-refractivity contribution < 1.29 is 18.6 Å². The van der Waals surface area contributed by atoms with Crippen molar-refractivity contribution in [3.63, 3.8) is 0 Å². The highest BCUT2D eigenvalue weighted by Crippen LogP contribution is 2.22. The molecule has 1 aromatic carbocycles. The van der Waals surface area contributed by atoms with Crippen molar-refractivity contribution in [3.8, 4) is 0 Å². The quantitative estimate of drug-likeness (QED) is 0.761. The summed E-state index contributed by atoms with van der Waals surface area (Å²) in [5, 5.41) is 9.68. The maximum atomic E-state index is 12.4. The van der Waals surface area contributed by atoms with Crippen molar-refractivity contribution in [1.82, 2.24) is 0 Å². The normalized spacial score (nSPS) is 13.1. The first-order chi connectivity index (χ1) is 7.65. The summed E-state index contributed by atoms with van der Waals surface area (Å²) in [4.78, 5) is 0. The first-order valence-electron chi connectivity index (χ1n) is 5.29. The van der Waals surface area contributed by atoms with Gasteiger partial charge >= 0.3 is 0 Å². The van der Waals surface area contributed by atoms with Crippen LogP contribution in [-0.2, 0) is 4.74 Å². The lowest BCUT2D eigenvalue weighted by Crippen LogP contribution is -2.08. The van der Waals surface area contributed by atoms with Gasteiger partial charge in [0.05, 0.1) is 6.61 Å². The molecule has 0 fully saturated rings. The highest BCUT2D eigenvalue weighted by Gasteiger charge is 2.11. The molecule has 0 aromatic heterocycles. The van der Waals surface area contributed by atoms with Crippen LogP contribution >= 0.6 is 0 Å². The molecule has 0 bridgehead atoms. The van der Waals surface area contributed by atoms with Gasteiger partial charge in [0.2, 0.25) is 0 Å². The fourth-order valence-corrected chi connectivity index (χ4v) is 1.34. The molecule has 0 spiro atoms. The monoisotopic (exact) mass is 230 g/mol. The van der Waals surface area contributed by atoms with Crippen LogP contribution in [-0.4, -0.2) is 18.3 Å². The Morgan fingerprint density at radius 2 is 2.00 bits per heavy atom. The van der Waals surface area contributed by atoms with E-state index >= 15 is 0 Å². The summed E-state index contributed by atoms with van der Waals surface area (Å²) in [5.41, 5.74) is 0.390. The molecule has 16 heavy (non-hydrogen) atoms. The van der Waals surface area contributed by atoms with Crippen molar-refractivity contribution in [3.05, 3.63) is 35.4 Å². The van der Waals surface area contributed by atoms with Gasteiger partial charge < -0.3 is 9.84 Å². The summed E-state index contributed by atoms with van der Waals surface area (Å²) in [6.07, 6.45) is -2.49. The van der Waals surface area contributed by atoms with Crippen LogP contribution in [0.5, 0.6) is 0 Å². The molecule has 0 aliphatic heterocycles. The van der Waals surface area contributed by atoms with E-state index in [9.17, 15) is 13.9 Å². The number of benzene rings is 1. The summed E-state index contributed by atoms with van der Waals surface area (Å²) in [6.45, 7) is 2.66. The van der Waals surface area contributed by atoms with E-state index in [1.807, 2.05) is 6.92 Å². The molecule has 4 heteroatoms. The van der Waals surface area contributed by atoms with Gasteiger partial charge in [-0.3, -0.25) is 0 Å². The molecule has 0 radical (unpaired) electrons. The Kier molecular flexibility index (Phi) is 5.35. The van der Waals surface area contributed by atoms with E-state index in [0.717, 1.165) is 6.42 Å². The molecule has 0 amide bonds. The first kappa shape index (κ1) is 13.1. The van der Waals surface area contributed by atoms with Gasteiger partial charge in [0.25, 0.3) is 6.43 Å². The van der Waals surface area contributed by atoms with Crippen molar-refractivity contribution >= 4 is 0 Å². The van der Waals surface area contributed by atoms with Crippen molar-refractivity contribution in [2.75, 3.05) is 13.2 Å². The molecule has 0 heterocycles. The zero-order chi connectivity index (χ0) is 12.0. The van der Waals surface area contributed by atoms with E-state index in [1.165, 1.54) is 18.2 Å². The second kappa shape index (κ2) is 6.55. The van der Waals surface area contributed by atoms with Crippen LogP contribution in [0.1, 0.15) is 37.0 Å². The topological polar surface area (TPSA) is 29.5 Å². The Labute approximate surface area is 93.9 Å². The van der Waals surface area contributed by atoms with E-state index in [1.54, 1.807) is 6.07 Å². The lowest BCUT2D eigenvalue weighted by molar-refractivity contribution is 0.0362. The number of ether oxygens (including phenoxy) is 1. The second-order valence-corrected chi connectivity index (χ2v) is 3.56. The molecule has 1 unspecified atom stereocenters. The smallest absolute Gasteiger partial charge is 0.263 e. The lowest BCUT2D eigenvalue weighted by Gasteiger charge is -2.12. The van der Waals surface area contributed by atoms with Crippen LogP contribution in [0.25, 0.3) is 0 Å². The minimum absolute atomic E-state index is 0.0768. The molecular formula is C12H16F2O2. The van der Waals surface area contributed by atoms with Gasteiger partial charge in [0.1, 0.15) is 6.10 Å². The molecular weight excluding hydrogens is 214 g/mol. The molecule has 90 valence electrons. The van der Waals surface area contributed by atoms with Gasteiger partial charge in [0.15, 0.2) is 0 Å². The number of rotatable bonds is 6. The Bertz CT molecular complexity index is 316. The first-order valence-corrected chi connectivity index (χ1v) is 5.29. The van der Waals surface area contributed by atoms with Crippen molar-refractivity contribution in [2.45, 2.75) is 25.9 Å². The van der Waals surface area contributed by atoms with E-state index in [4.69, 9.17) is 4.74 Å². The van der Waals surface area contributed by atoms with Crippen LogP contribution in [0.15, 0.2) is 24.3 Å². The van der Waals surface area contributed by atoms with E-state index in [2.05, 4.69) is 0 Å². The average molecular weight is 230 g/mol. The Morgan fingerprint density at radius 3 is 2.62 bits per heavy atom. The molecule has 0 aliphatic rings. The third kappa shape index (κ3) is 3.87. The molecule has 1 N–H and O–H groups in total. The fourth-order valence-electron chi connectivity index (χ4n) is 1.34. The van der Waals surface area contributed by atoms with Gasteiger partial charge in [-0.05, 0) is 18.1 Å². The van der Waals surface area contributed by atoms with Gasteiger partial charge in [-0.2, -0.15) is 0 Å². The second-order valence-electron chi connectivity index (χ2n) is 3.56. The predicted octanol–water partition coefficient (Wildman–Crippen LogP) is 3.08. The Hall–Kier alpha value is -1.00. The van der Waals surface area contributed by atoms with Gasteiger partial charge in [-0.25, -0.2) is 8.78 Å². The molecule has 2 nitrogen and oxygen atoms in total. The minimum Gasteiger partial charge on any atom is -0.386 e. The zero-order valence-corrected chi connectivity index (χ0v) is 9.20. The Morgan fingerprint density at radius 1 is 1.31 bits per heavy atom. The average Bonchev–Trinajstić information content (AvgIpc) is 2.29. The third-order valence-corrected chi connectivity index (χ3v) is 2.17. The number of hydrogen-bond acceptors (Lipinski definition) is 2. The number of alkyl halides is 2. The maximum Gasteiger partial charge on any atom is 0.263 e. The fraction of sp³-hybridized carbons (Fsp3) is 0.500. The highest BCUT2D eigenvalue weighted by molar-refractivity contribution is 5.25. The number of halogens is 2. The lowest BCUT2D eigenvalue weighted by atomic mass is 10.1. The standard InChI is InChI=1S/C12H16F2O2/c1-2-6-16-8-11(15)9-4-3-5-10(7-9)12(13)14/h3-5,7,11-12,15H,2,6,8H2,1H3. The third-order valence-electron chi connectivity index (χ3n) is 2.17. The molecule has 0 aliphatic carbocycles. The zero-order valence-electron chi connectivity index (χ0n) is 9.20.